The fraction of sp³-hybridized carbons (Fsp3) is 0.200. The number of anilines is 2. The molecule has 0 unspecified atom stereocenters. The highest BCUT2D eigenvalue weighted by atomic mass is 16.5. The van der Waals surface area contributed by atoms with Crippen molar-refractivity contribution in [1.82, 2.24) is 9.97 Å². The fourth-order valence-electron chi connectivity index (χ4n) is 2.76. The molecule has 0 saturated heterocycles. The van der Waals surface area contributed by atoms with E-state index in [1.165, 1.54) is 12.6 Å². The Bertz CT molecular complexity index is 1080. The van der Waals surface area contributed by atoms with Crippen molar-refractivity contribution in [2.45, 2.75) is 13.8 Å². The third-order valence-corrected chi connectivity index (χ3v) is 3.99. The Morgan fingerprint density at radius 3 is 2.44 bits per heavy atom. The van der Waals surface area contributed by atoms with Crippen molar-refractivity contribution >= 4 is 33.4 Å². The van der Waals surface area contributed by atoms with Crippen LogP contribution in [0.3, 0.4) is 0 Å². The van der Waals surface area contributed by atoms with Crippen LogP contribution in [-0.4, -0.2) is 29.3 Å². The molecular formula is C20H21N3O4. The number of aromatic hydroxyl groups is 1. The van der Waals surface area contributed by atoms with E-state index in [2.05, 4.69) is 15.3 Å². The second kappa shape index (κ2) is 7.82. The molecule has 0 aliphatic carbocycles. The van der Waals surface area contributed by atoms with Gasteiger partial charge in [-0.2, -0.15) is 0 Å². The van der Waals surface area contributed by atoms with Gasteiger partial charge in [0, 0.05) is 11.5 Å². The maximum absolute atomic E-state index is 9.90. The third kappa shape index (κ3) is 3.31. The molecule has 4 aromatic rings. The Morgan fingerprint density at radius 2 is 1.70 bits per heavy atom. The van der Waals surface area contributed by atoms with E-state index >= 15 is 0 Å². The van der Waals surface area contributed by atoms with E-state index in [1.54, 1.807) is 38.5 Å². The van der Waals surface area contributed by atoms with E-state index in [9.17, 15) is 5.11 Å². The summed E-state index contributed by atoms with van der Waals surface area (Å²) in [6, 6.07) is 8.65. The zero-order chi connectivity index (χ0) is 19.4. The predicted octanol–water partition coefficient (Wildman–Crippen LogP) is 4.87. The lowest BCUT2D eigenvalue weighted by molar-refractivity contribution is 0.356. The molecule has 0 bridgehead atoms. The lowest BCUT2D eigenvalue weighted by Crippen LogP contribution is -1.98. The monoisotopic (exact) mass is 367 g/mol. The first-order chi connectivity index (χ1) is 13.2. The van der Waals surface area contributed by atoms with Crippen molar-refractivity contribution in [3.63, 3.8) is 0 Å². The highest BCUT2D eigenvalue weighted by Gasteiger charge is 2.13. The van der Waals surface area contributed by atoms with E-state index in [-0.39, 0.29) is 5.75 Å². The lowest BCUT2D eigenvalue weighted by atomic mass is 10.2. The number of hydrogen-bond acceptors (Lipinski definition) is 7. The second-order valence-electron chi connectivity index (χ2n) is 5.37. The number of ether oxygens (including phenoxy) is 2. The number of furan rings is 1. The Balaban J connectivity index is 0.00000102. The van der Waals surface area contributed by atoms with E-state index in [4.69, 9.17) is 13.9 Å². The highest BCUT2D eigenvalue weighted by Crippen LogP contribution is 2.37. The number of nitrogens with zero attached hydrogens (tertiary/aromatic N) is 2. The quantitative estimate of drug-likeness (QED) is 0.497. The Morgan fingerprint density at radius 1 is 0.963 bits per heavy atom. The number of phenolic OH excluding ortho intramolecular Hbond substituents is 1. The average Bonchev–Trinajstić information content (AvgIpc) is 3.22. The van der Waals surface area contributed by atoms with Crippen LogP contribution in [0.4, 0.5) is 11.5 Å². The maximum atomic E-state index is 9.90. The van der Waals surface area contributed by atoms with Crippen LogP contribution in [0.5, 0.6) is 17.2 Å². The highest BCUT2D eigenvalue weighted by molar-refractivity contribution is 5.98. The number of benzene rings is 2. The van der Waals surface area contributed by atoms with Gasteiger partial charge in [0.15, 0.2) is 17.1 Å². The van der Waals surface area contributed by atoms with Crippen molar-refractivity contribution in [2.24, 2.45) is 0 Å². The molecule has 140 valence electrons. The summed E-state index contributed by atoms with van der Waals surface area (Å²) in [5.41, 5.74) is 1.95. The number of fused-ring (bicyclic) bond motifs is 2. The number of rotatable bonds is 4. The van der Waals surface area contributed by atoms with E-state index < -0.39 is 0 Å². The minimum atomic E-state index is 0.160. The van der Waals surface area contributed by atoms with Crippen LogP contribution < -0.4 is 14.8 Å². The summed E-state index contributed by atoms with van der Waals surface area (Å²) in [5.74, 6) is 1.93. The number of hydrogen-bond donors (Lipinski definition) is 2. The fourth-order valence-corrected chi connectivity index (χ4v) is 2.76. The van der Waals surface area contributed by atoms with Gasteiger partial charge in [0.05, 0.1) is 37.1 Å². The maximum Gasteiger partial charge on any atom is 0.162 e. The molecule has 0 radical (unpaired) electrons. The molecule has 2 N–H and O–H groups in total. The molecule has 0 amide bonds. The molecular weight excluding hydrogens is 346 g/mol. The number of nitrogens with one attached hydrogen (secondary N) is 1. The first-order valence-electron chi connectivity index (χ1n) is 8.54. The molecule has 0 atom stereocenters. The van der Waals surface area contributed by atoms with Crippen LogP contribution in [0.1, 0.15) is 13.8 Å². The first kappa shape index (κ1) is 18.3. The Kier molecular flexibility index (Phi) is 5.30. The normalized spacial score (nSPS) is 10.4. The summed E-state index contributed by atoms with van der Waals surface area (Å²) < 4.78 is 16.2. The molecule has 4 rings (SSSR count). The van der Waals surface area contributed by atoms with Crippen LogP contribution >= 0.6 is 0 Å². The minimum absolute atomic E-state index is 0.160. The molecule has 27 heavy (non-hydrogen) atoms. The zero-order valence-corrected chi connectivity index (χ0v) is 15.6. The van der Waals surface area contributed by atoms with Crippen molar-refractivity contribution in [1.29, 1.82) is 0 Å². The summed E-state index contributed by atoms with van der Waals surface area (Å²) in [6.45, 7) is 4.00. The van der Waals surface area contributed by atoms with Crippen LogP contribution in [0, 0.1) is 0 Å². The molecule has 0 saturated carbocycles. The lowest BCUT2D eigenvalue weighted by Gasteiger charge is -2.12. The predicted molar refractivity (Wildman–Crippen MR) is 105 cm³/mol. The van der Waals surface area contributed by atoms with Gasteiger partial charge in [0.2, 0.25) is 0 Å². The third-order valence-electron chi connectivity index (χ3n) is 3.99. The van der Waals surface area contributed by atoms with Gasteiger partial charge in [-0.15, -0.1) is 0 Å². The van der Waals surface area contributed by atoms with Crippen molar-refractivity contribution < 1.29 is 19.0 Å². The second-order valence-corrected chi connectivity index (χ2v) is 5.37. The molecule has 7 heteroatoms. The van der Waals surface area contributed by atoms with Crippen LogP contribution in [-0.2, 0) is 0 Å². The molecule has 0 spiro atoms. The minimum Gasteiger partial charge on any atom is -0.507 e. The van der Waals surface area contributed by atoms with Crippen molar-refractivity contribution in [3.05, 3.63) is 42.9 Å². The van der Waals surface area contributed by atoms with Crippen molar-refractivity contribution in [2.75, 3.05) is 19.5 Å². The van der Waals surface area contributed by atoms with Gasteiger partial charge in [-0.25, -0.2) is 9.97 Å². The molecule has 2 aromatic carbocycles. The molecule has 0 fully saturated rings. The average molecular weight is 367 g/mol. The van der Waals surface area contributed by atoms with Gasteiger partial charge < -0.3 is 24.3 Å². The summed E-state index contributed by atoms with van der Waals surface area (Å²) in [7, 11) is 3.15. The van der Waals surface area contributed by atoms with Gasteiger partial charge >= 0.3 is 0 Å². The number of phenols is 1. The molecule has 0 aliphatic rings. The summed E-state index contributed by atoms with van der Waals surface area (Å²) in [4.78, 5) is 8.61. The standard InChI is InChI=1S/C18H15N3O4.C2H6/c1-23-15-7-11-13(8-16(15)24-2)19-9-20-18(11)21-12-3-4-14(22)10-5-6-25-17(10)12;1-2/h3-9,22H,1-2H3,(H,19,20,21);1-2H3. The Labute approximate surface area is 156 Å². The van der Waals surface area contributed by atoms with Gasteiger partial charge in [-0.05, 0) is 24.3 Å². The smallest absolute Gasteiger partial charge is 0.162 e. The van der Waals surface area contributed by atoms with Crippen molar-refractivity contribution in [3.8, 4) is 17.2 Å². The summed E-state index contributed by atoms with van der Waals surface area (Å²) in [6.07, 6.45) is 3.00. The number of aromatic nitrogens is 2. The van der Waals surface area contributed by atoms with Gasteiger partial charge in [-0.3, -0.25) is 0 Å². The molecule has 2 aromatic heterocycles. The van der Waals surface area contributed by atoms with Crippen LogP contribution in [0.15, 0.2) is 47.3 Å². The van der Waals surface area contributed by atoms with Gasteiger partial charge in [0.1, 0.15) is 17.9 Å². The molecule has 2 heterocycles. The first-order valence-corrected chi connectivity index (χ1v) is 8.54. The summed E-state index contributed by atoms with van der Waals surface area (Å²) in [5, 5.41) is 14.5. The van der Waals surface area contributed by atoms with E-state index in [0.717, 1.165) is 5.39 Å². The van der Waals surface area contributed by atoms with Crippen LogP contribution in [0.2, 0.25) is 0 Å². The van der Waals surface area contributed by atoms with E-state index in [0.29, 0.717) is 39.5 Å². The largest absolute Gasteiger partial charge is 0.507 e. The van der Waals surface area contributed by atoms with E-state index in [1.807, 2.05) is 19.9 Å². The molecule has 0 aliphatic heterocycles. The van der Waals surface area contributed by atoms with Gasteiger partial charge in [-0.1, -0.05) is 13.8 Å². The van der Waals surface area contributed by atoms with Gasteiger partial charge in [0.25, 0.3) is 0 Å². The summed E-state index contributed by atoms with van der Waals surface area (Å²) >= 11 is 0. The topological polar surface area (TPSA) is 89.6 Å². The zero-order valence-electron chi connectivity index (χ0n) is 15.6. The Hall–Kier alpha value is -3.48. The van der Waals surface area contributed by atoms with Crippen LogP contribution in [0.25, 0.3) is 21.9 Å². The molecule has 7 nitrogen and oxygen atoms in total. The SMILES string of the molecule is CC.COc1cc2ncnc(Nc3ccc(O)c4ccoc34)c2cc1OC. The number of methoxy groups -OCH3 is 2.